The van der Waals surface area contributed by atoms with Crippen molar-refractivity contribution in [1.82, 2.24) is 0 Å². The second-order valence-corrected chi connectivity index (χ2v) is 7.60. The molecule has 0 aliphatic rings. The van der Waals surface area contributed by atoms with Crippen molar-refractivity contribution in [2.24, 2.45) is 5.92 Å². The third kappa shape index (κ3) is 4.31. The van der Waals surface area contributed by atoms with Gasteiger partial charge in [-0.15, -0.1) is 0 Å². The first-order valence-electron chi connectivity index (χ1n) is 7.87. The molecule has 2 aromatic rings. The van der Waals surface area contributed by atoms with E-state index in [0.29, 0.717) is 23.3 Å². The summed E-state index contributed by atoms with van der Waals surface area (Å²) in [7, 11) is -4.22. The van der Waals surface area contributed by atoms with E-state index in [2.05, 4.69) is 13.8 Å². The molecule has 0 saturated heterocycles. The van der Waals surface area contributed by atoms with Gasteiger partial charge >= 0.3 is 0 Å². The fourth-order valence-electron chi connectivity index (χ4n) is 2.83. The van der Waals surface area contributed by atoms with Crippen LogP contribution in [0.15, 0.2) is 41.3 Å². The molecule has 0 aromatic heterocycles. The molecule has 0 spiro atoms. The average Bonchev–Trinajstić information content (AvgIpc) is 2.44. The molecule has 0 atom stereocenters. The summed E-state index contributed by atoms with van der Waals surface area (Å²) in [4.78, 5) is 0.0782. The fraction of sp³-hybridized carbons (Fsp3) is 0.444. The lowest BCUT2D eigenvalue weighted by Gasteiger charge is -2.11. The molecule has 120 valence electrons. The number of fused-ring (bicyclic) bond motifs is 1. The van der Waals surface area contributed by atoms with E-state index in [1.54, 1.807) is 12.1 Å². The molecule has 0 fully saturated rings. The molecule has 1 N–H and O–H groups in total. The fourth-order valence-corrected chi connectivity index (χ4v) is 3.80. The monoisotopic (exact) mass is 320 g/mol. The molecule has 0 amide bonds. The topological polar surface area (TPSA) is 54.4 Å². The van der Waals surface area contributed by atoms with Crippen LogP contribution in [0.1, 0.15) is 45.1 Å². The van der Waals surface area contributed by atoms with E-state index in [0.717, 1.165) is 24.6 Å². The van der Waals surface area contributed by atoms with Crippen LogP contribution in [0.3, 0.4) is 0 Å². The summed E-state index contributed by atoms with van der Waals surface area (Å²) >= 11 is 0. The first kappa shape index (κ1) is 17.0. The zero-order chi connectivity index (χ0) is 16.2. The van der Waals surface area contributed by atoms with Crippen LogP contribution >= 0.6 is 0 Å². The zero-order valence-corrected chi connectivity index (χ0v) is 14.1. The molecular weight excluding hydrogens is 296 g/mol. The molecule has 0 heterocycles. The Labute approximate surface area is 133 Å². The van der Waals surface area contributed by atoms with Crippen molar-refractivity contribution in [2.45, 2.75) is 50.8 Å². The van der Waals surface area contributed by atoms with Crippen LogP contribution in [0, 0.1) is 5.92 Å². The lowest BCUT2D eigenvalue weighted by Crippen LogP contribution is -2.04. The SMILES string of the molecule is CC(C)CCCCCc1ccc2ccccc2c1S(=O)(=O)O. The second-order valence-electron chi connectivity index (χ2n) is 6.24. The van der Waals surface area contributed by atoms with Crippen molar-refractivity contribution in [3.05, 3.63) is 42.0 Å². The van der Waals surface area contributed by atoms with E-state index in [-0.39, 0.29) is 4.90 Å². The summed E-state index contributed by atoms with van der Waals surface area (Å²) in [6, 6.07) is 11.0. The summed E-state index contributed by atoms with van der Waals surface area (Å²) in [5, 5.41) is 1.43. The van der Waals surface area contributed by atoms with Crippen molar-refractivity contribution >= 4 is 20.9 Å². The summed E-state index contributed by atoms with van der Waals surface area (Å²) < 4.78 is 33.2. The van der Waals surface area contributed by atoms with Gasteiger partial charge in [0, 0.05) is 5.39 Å². The third-order valence-electron chi connectivity index (χ3n) is 3.95. The van der Waals surface area contributed by atoms with E-state index < -0.39 is 10.1 Å². The van der Waals surface area contributed by atoms with Gasteiger partial charge in [-0.1, -0.05) is 69.5 Å². The highest BCUT2D eigenvalue weighted by molar-refractivity contribution is 7.86. The van der Waals surface area contributed by atoms with Crippen molar-refractivity contribution in [1.29, 1.82) is 0 Å². The van der Waals surface area contributed by atoms with Gasteiger partial charge in [-0.05, 0) is 29.7 Å². The van der Waals surface area contributed by atoms with Gasteiger partial charge in [0.05, 0.1) is 0 Å². The molecule has 0 aliphatic carbocycles. The lowest BCUT2D eigenvalue weighted by molar-refractivity contribution is 0.482. The summed E-state index contributed by atoms with van der Waals surface area (Å²) in [6.45, 7) is 4.42. The Morgan fingerprint density at radius 1 is 1.00 bits per heavy atom. The van der Waals surface area contributed by atoms with Gasteiger partial charge in [-0.2, -0.15) is 8.42 Å². The van der Waals surface area contributed by atoms with Gasteiger partial charge in [-0.3, -0.25) is 4.55 Å². The van der Waals surface area contributed by atoms with Gasteiger partial charge < -0.3 is 0 Å². The molecule has 0 radical (unpaired) electrons. The van der Waals surface area contributed by atoms with E-state index in [1.807, 2.05) is 24.3 Å². The molecular formula is C18H24O3S. The Hall–Kier alpha value is -1.39. The molecule has 2 aromatic carbocycles. The minimum atomic E-state index is -4.22. The number of aryl methyl sites for hydroxylation is 1. The number of unbranched alkanes of at least 4 members (excludes halogenated alkanes) is 2. The average molecular weight is 320 g/mol. The largest absolute Gasteiger partial charge is 0.295 e. The Morgan fingerprint density at radius 2 is 1.73 bits per heavy atom. The predicted molar refractivity (Wildman–Crippen MR) is 90.8 cm³/mol. The molecule has 0 unspecified atom stereocenters. The Balaban J connectivity index is 2.22. The number of hydrogen-bond acceptors (Lipinski definition) is 2. The van der Waals surface area contributed by atoms with Gasteiger partial charge in [0.15, 0.2) is 0 Å². The van der Waals surface area contributed by atoms with Crippen LogP contribution in [0.5, 0.6) is 0 Å². The van der Waals surface area contributed by atoms with Crippen LogP contribution in [0.4, 0.5) is 0 Å². The molecule has 2 rings (SSSR count). The van der Waals surface area contributed by atoms with Crippen LogP contribution in [-0.4, -0.2) is 13.0 Å². The Bertz CT molecular complexity index is 733. The maximum Gasteiger partial charge on any atom is 0.295 e. The quantitative estimate of drug-likeness (QED) is 0.586. The van der Waals surface area contributed by atoms with Crippen LogP contribution in [0.2, 0.25) is 0 Å². The van der Waals surface area contributed by atoms with Crippen molar-refractivity contribution in [3.63, 3.8) is 0 Å². The third-order valence-corrected chi connectivity index (χ3v) is 4.94. The van der Waals surface area contributed by atoms with Crippen molar-refractivity contribution in [3.8, 4) is 0 Å². The van der Waals surface area contributed by atoms with Crippen molar-refractivity contribution < 1.29 is 13.0 Å². The highest BCUT2D eigenvalue weighted by Gasteiger charge is 2.18. The number of rotatable bonds is 7. The highest BCUT2D eigenvalue weighted by atomic mass is 32.2. The van der Waals surface area contributed by atoms with Gasteiger partial charge in [-0.25, -0.2) is 0 Å². The summed E-state index contributed by atoms with van der Waals surface area (Å²) in [5.74, 6) is 0.703. The number of hydrogen-bond donors (Lipinski definition) is 1. The summed E-state index contributed by atoms with van der Waals surface area (Å²) in [5.41, 5.74) is 0.714. The molecule has 3 nitrogen and oxygen atoms in total. The van der Waals surface area contributed by atoms with Gasteiger partial charge in [0.2, 0.25) is 0 Å². The van der Waals surface area contributed by atoms with E-state index in [1.165, 1.54) is 6.42 Å². The molecule has 22 heavy (non-hydrogen) atoms. The van der Waals surface area contributed by atoms with Crippen LogP contribution < -0.4 is 0 Å². The summed E-state index contributed by atoms with van der Waals surface area (Å²) in [6.07, 6.45) is 5.05. The molecule has 0 bridgehead atoms. The number of benzene rings is 2. The minimum absolute atomic E-state index is 0.0782. The minimum Gasteiger partial charge on any atom is -0.282 e. The van der Waals surface area contributed by atoms with E-state index in [9.17, 15) is 13.0 Å². The lowest BCUT2D eigenvalue weighted by atomic mass is 10.00. The second kappa shape index (κ2) is 7.25. The molecule has 4 heteroatoms. The van der Waals surface area contributed by atoms with E-state index >= 15 is 0 Å². The predicted octanol–water partition coefficient (Wildman–Crippen LogP) is 4.85. The first-order chi connectivity index (χ1) is 10.4. The zero-order valence-electron chi connectivity index (χ0n) is 13.2. The van der Waals surface area contributed by atoms with Crippen molar-refractivity contribution in [2.75, 3.05) is 0 Å². The first-order valence-corrected chi connectivity index (χ1v) is 9.31. The van der Waals surface area contributed by atoms with Gasteiger partial charge in [0.25, 0.3) is 10.1 Å². The van der Waals surface area contributed by atoms with Gasteiger partial charge in [0.1, 0.15) is 4.90 Å². The molecule has 0 aliphatic heterocycles. The van der Waals surface area contributed by atoms with Crippen LogP contribution in [-0.2, 0) is 16.5 Å². The van der Waals surface area contributed by atoms with Crippen LogP contribution in [0.25, 0.3) is 10.8 Å². The Morgan fingerprint density at radius 3 is 2.41 bits per heavy atom. The maximum absolute atomic E-state index is 11.8. The molecule has 0 saturated carbocycles. The normalized spacial score (nSPS) is 12.2. The smallest absolute Gasteiger partial charge is 0.282 e. The highest BCUT2D eigenvalue weighted by Crippen LogP contribution is 2.28. The van der Waals surface area contributed by atoms with E-state index in [4.69, 9.17) is 0 Å². The maximum atomic E-state index is 11.8. The standard InChI is InChI=1S/C18H24O3S/c1-14(2)8-4-3-5-10-16-13-12-15-9-6-7-11-17(15)18(16)22(19,20)21/h6-7,9,11-14H,3-5,8,10H2,1-2H3,(H,19,20,21). The Kier molecular flexibility index (Phi) is 5.59.